The lowest BCUT2D eigenvalue weighted by Gasteiger charge is -2.48. The first-order chi connectivity index (χ1) is 9.35. The average molecular weight is 330 g/mol. The van der Waals surface area contributed by atoms with Crippen LogP contribution in [0.2, 0.25) is 0 Å². The molecule has 0 radical (unpaired) electrons. The number of hydrogen-bond donors (Lipinski definition) is 0. The lowest BCUT2D eigenvalue weighted by molar-refractivity contribution is -0.309. The zero-order valence-electron chi connectivity index (χ0n) is 11.9. The second-order valence-corrected chi connectivity index (χ2v) is 7.47. The number of rotatable bonds is 2. The van der Waals surface area contributed by atoms with Crippen molar-refractivity contribution in [1.82, 2.24) is 0 Å². The summed E-state index contributed by atoms with van der Waals surface area (Å²) in [6.45, 7) is 5.44. The fourth-order valence-corrected chi connectivity index (χ4v) is 2.93. The summed E-state index contributed by atoms with van der Waals surface area (Å²) in [5, 5.41) is 0. The third kappa shape index (κ3) is 3.35. The number of hydrogen-bond acceptors (Lipinski definition) is 5. The van der Waals surface area contributed by atoms with Crippen LogP contribution in [-0.4, -0.2) is 32.4 Å². The maximum Gasteiger partial charge on any atom is 0.534 e. The van der Waals surface area contributed by atoms with Crippen molar-refractivity contribution in [3.8, 4) is 0 Å². The minimum atomic E-state index is -5.63. The highest BCUT2D eigenvalue weighted by molar-refractivity contribution is 7.87. The molecule has 0 amide bonds. The summed E-state index contributed by atoms with van der Waals surface area (Å²) in [6, 6.07) is 0. The topological polar surface area (TPSA) is 61.8 Å². The van der Waals surface area contributed by atoms with Gasteiger partial charge in [0.15, 0.2) is 5.79 Å². The predicted molar refractivity (Wildman–Crippen MR) is 66.4 cm³/mol. The molecule has 0 N–H and O–H groups in total. The zero-order chi connectivity index (χ0) is 16.1. The second kappa shape index (κ2) is 4.85. The van der Waals surface area contributed by atoms with Crippen molar-refractivity contribution in [2.45, 2.75) is 51.0 Å². The molecule has 1 aliphatic heterocycles. The molecule has 122 valence electrons. The highest BCUT2D eigenvalue weighted by atomic mass is 32.2. The molecule has 0 aromatic carbocycles. The summed E-state index contributed by atoms with van der Waals surface area (Å²) < 4.78 is 74.5. The van der Waals surface area contributed by atoms with E-state index >= 15 is 0 Å². The molecule has 2 aliphatic rings. The van der Waals surface area contributed by atoms with Crippen molar-refractivity contribution in [1.29, 1.82) is 0 Å². The average Bonchev–Trinajstić information content (AvgIpc) is 2.28. The number of halogens is 3. The standard InChI is InChI=1S/C12H17F3O5S/c1-10(2)18-7-11(3)6-8(4-5-9(11)19-10)20-21(16,17)12(13,14)15/h6,9H,4-5,7H2,1-3H3/t9-,11-/m1/s1. The maximum absolute atomic E-state index is 12.3. The highest BCUT2D eigenvalue weighted by Gasteiger charge is 2.51. The van der Waals surface area contributed by atoms with E-state index in [0.29, 0.717) is 6.42 Å². The molecule has 5 nitrogen and oxygen atoms in total. The first-order valence-corrected chi connectivity index (χ1v) is 7.80. The van der Waals surface area contributed by atoms with Crippen LogP contribution in [0.3, 0.4) is 0 Å². The molecule has 2 rings (SSSR count). The van der Waals surface area contributed by atoms with E-state index < -0.39 is 26.8 Å². The monoisotopic (exact) mass is 330 g/mol. The Morgan fingerprint density at radius 1 is 1.33 bits per heavy atom. The van der Waals surface area contributed by atoms with Gasteiger partial charge in [0.25, 0.3) is 0 Å². The largest absolute Gasteiger partial charge is 0.534 e. The molecule has 21 heavy (non-hydrogen) atoms. The van der Waals surface area contributed by atoms with Crippen LogP contribution < -0.4 is 0 Å². The lowest BCUT2D eigenvalue weighted by Crippen LogP contribution is -2.52. The molecule has 1 fully saturated rings. The summed E-state index contributed by atoms with van der Waals surface area (Å²) in [5.74, 6) is -0.994. The van der Waals surface area contributed by atoms with E-state index in [9.17, 15) is 21.6 Å². The number of allylic oxidation sites excluding steroid dienone is 1. The molecule has 0 bridgehead atoms. The molecule has 0 unspecified atom stereocenters. The van der Waals surface area contributed by atoms with Gasteiger partial charge in [-0.25, -0.2) is 0 Å². The number of ether oxygens (including phenoxy) is 2. The molecule has 1 saturated heterocycles. The van der Waals surface area contributed by atoms with Crippen LogP contribution in [0.1, 0.15) is 33.6 Å². The predicted octanol–water partition coefficient (Wildman–Crippen LogP) is 2.69. The normalized spacial score (nSPS) is 33.0. The van der Waals surface area contributed by atoms with Crippen molar-refractivity contribution < 1.29 is 35.2 Å². The lowest BCUT2D eigenvalue weighted by atomic mass is 9.77. The molecule has 0 aromatic heterocycles. The SMILES string of the molecule is CC1(C)OC[C@@]2(C)C=C(OS(=O)(=O)C(F)(F)F)CC[C@H]2O1. The summed E-state index contributed by atoms with van der Waals surface area (Å²) in [7, 11) is -5.63. The van der Waals surface area contributed by atoms with Gasteiger partial charge in [-0.2, -0.15) is 21.6 Å². The van der Waals surface area contributed by atoms with Gasteiger partial charge < -0.3 is 13.7 Å². The Balaban J connectivity index is 2.20. The van der Waals surface area contributed by atoms with Gasteiger partial charge in [0.1, 0.15) is 5.76 Å². The Morgan fingerprint density at radius 3 is 2.52 bits per heavy atom. The fraction of sp³-hybridized carbons (Fsp3) is 0.833. The Hall–Kier alpha value is -0.800. The molecule has 0 saturated carbocycles. The Morgan fingerprint density at radius 2 is 1.95 bits per heavy atom. The number of fused-ring (bicyclic) bond motifs is 1. The van der Waals surface area contributed by atoms with Gasteiger partial charge in [-0.1, -0.05) is 6.92 Å². The van der Waals surface area contributed by atoms with Gasteiger partial charge in [0, 0.05) is 11.8 Å². The molecule has 1 aliphatic carbocycles. The number of alkyl halides is 3. The van der Waals surface area contributed by atoms with E-state index in [0.717, 1.165) is 0 Å². The van der Waals surface area contributed by atoms with E-state index in [1.807, 2.05) is 0 Å². The molecule has 1 heterocycles. The van der Waals surface area contributed by atoms with Gasteiger partial charge in [0.05, 0.1) is 12.7 Å². The van der Waals surface area contributed by atoms with Crippen molar-refractivity contribution in [3.05, 3.63) is 11.8 Å². The summed E-state index contributed by atoms with van der Waals surface area (Å²) in [5.41, 5.74) is -6.16. The van der Waals surface area contributed by atoms with Crippen LogP contribution in [-0.2, 0) is 23.8 Å². The van der Waals surface area contributed by atoms with Gasteiger partial charge >= 0.3 is 15.6 Å². The van der Waals surface area contributed by atoms with Crippen LogP contribution in [0.4, 0.5) is 13.2 Å². The van der Waals surface area contributed by atoms with Gasteiger partial charge in [-0.15, -0.1) is 0 Å². The van der Waals surface area contributed by atoms with Crippen LogP contribution in [0.5, 0.6) is 0 Å². The van der Waals surface area contributed by atoms with Crippen molar-refractivity contribution in [2.75, 3.05) is 6.61 Å². The van der Waals surface area contributed by atoms with E-state index in [2.05, 4.69) is 4.18 Å². The van der Waals surface area contributed by atoms with E-state index in [1.165, 1.54) is 6.08 Å². The molecular formula is C12H17F3O5S. The Bertz CT molecular complexity index is 552. The van der Waals surface area contributed by atoms with Crippen molar-refractivity contribution in [3.63, 3.8) is 0 Å². The van der Waals surface area contributed by atoms with Crippen LogP contribution in [0.25, 0.3) is 0 Å². The quantitative estimate of drug-likeness (QED) is 0.575. The smallest absolute Gasteiger partial charge is 0.381 e. The third-order valence-corrected chi connectivity index (χ3v) is 4.54. The minimum absolute atomic E-state index is 0.0612. The molecule has 0 aromatic rings. The summed E-state index contributed by atoms with van der Waals surface area (Å²) in [4.78, 5) is 0. The van der Waals surface area contributed by atoms with E-state index in [1.54, 1.807) is 20.8 Å². The summed E-state index contributed by atoms with van der Waals surface area (Å²) >= 11 is 0. The Kier molecular flexibility index (Phi) is 3.83. The first kappa shape index (κ1) is 16.6. The maximum atomic E-state index is 12.3. The molecule has 9 heteroatoms. The van der Waals surface area contributed by atoms with Gasteiger partial charge in [-0.05, 0) is 26.3 Å². The second-order valence-electron chi connectivity index (χ2n) is 5.93. The molecular weight excluding hydrogens is 313 g/mol. The van der Waals surface area contributed by atoms with Gasteiger partial charge in [-0.3, -0.25) is 0 Å². The Labute approximate surface area is 121 Å². The van der Waals surface area contributed by atoms with Crippen LogP contribution in [0, 0.1) is 5.41 Å². The third-order valence-electron chi connectivity index (χ3n) is 3.54. The summed E-state index contributed by atoms with van der Waals surface area (Å²) in [6.07, 6.45) is 1.52. The molecule has 2 atom stereocenters. The molecule has 0 spiro atoms. The minimum Gasteiger partial charge on any atom is -0.381 e. The van der Waals surface area contributed by atoms with E-state index in [4.69, 9.17) is 9.47 Å². The first-order valence-electron chi connectivity index (χ1n) is 6.39. The van der Waals surface area contributed by atoms with Crippen molar-refractivity contribution >= 4 is 10.1 Å². The van der Waals surface area contributed by atoms with Gasteiger partial charge in [0.2, 0.25) is 0 Å². The van der Waals surface area contributed by atoms with Crippen molar-refractivity contribution in [2.24, 2.45) is 5.41 Å². The van der Waals surface area contributed by atoms with E-state index in [-0.39, 0.29) is 24.9 Å². The zero-order valence-corrected chi connectivity index (χ0v) is 12.7. The van der Waals surface area contributed by atoms with Crippen LogP contribution >= 0.6 is 0 Å². The highest BCUT2D eigenvalue weighted by Crippen LogP contribution is 2.43. The van der Waals surface area contributed by atoms with Crippen LogP contribution in [0.15, 0.2) is 11.8 Å². The fourth-order valence-electron chi connectivity index (χ4n) is 2.42.